The zero-order valence-corrected chi connectivity index (χ0v) is 22.0. The SMILES string of the molecule is O=C(O)[C@H](O)[C@@H](O)C(=O)O.O=C(O)[C@H](O)[C@@H](O)C(=O)O.c1ccc(N2CCN(Cc3nc4ccccc4[nH]3)CC2)nc1. The highest BCUT2D eigenvalue weighted by Crippen LogP contribution is 2.15. The van der Waals surface area contributed by atoms with Gasteiger partial charge in [0.05, 0.1) is 17.6 Å². The summed E-state index contributed by atoms with van der Waals surface area (Å²) < 4.78 is 0. The number of imidazole rings is 1. The second-order valence-corrected chi connectivity index (χ2v) is 8.78. The number of piperazine rings is 1. The maximum absolute atomic E-state index is 9.77. The molecule has 1 aromatic carbocycles. The average Bonchev–Trinajstić information content (AvgIpc) is 3.39. The van der Waals surface area contributed by atoms with Crippen molar-refractivity contribution < 1.29 is 60.0 Å². The van der Waals surface area contributed by atoms with Crippen LogP contribution >= 0.6 is 0 Å². The van der Waals surface area contributed by atoms with Crippen molar-refractivity contribution in [3.8, 4) is 0 Å². The first-order valence-electron chi connectivity index (χ1n) is 12.3. The molecule has 1 saturated heterocycles. The average molecular weight is 594 g/mol. The van der Waals surface area contributed by atoms with E-state index in [0.29, 0.717) is 0 Å². The molecule has 0 amide bonds. The Morgan fingerprint density at radius 2 is 1.19 bits per heavy atom. The summed E-state index contributed by atoms with van der Waals surface area (Å²) in [7, 11) is 0. The van der Waals surface area contributed by atoms with Crippen molar-refractivity contribution in [2.45, 2.75) is 31.0 Å². The minimum Gasteiger partial charge on any atom is -0.479 e. The Kier molecular flexibility index (Phi) is 12.7. The van der Waals surface area contributed by atoms with Gasteiger partial charge in [-0.15, -0.1) is 0 Å². The molecule has 42 heavy (non-hydrogen) atoms. The fourth-order valence-corrected chi connectivity index (χ4v) is 3.51. The highest BCUT2D eigenvalue weighted by atomic mass is 16.4. The first-order valence-corrected chi connectivity index (χ1v) is 12.3. The molecule has 2 aromatic heterocycles. The maximum atomic E-state index is 9.77. The van der Waals surface area contributed by atoms with E-state index in [4.69, 9.17) is 40.9 Å². The summed E-state index contributed by atoms with van der Waals surface area (Å²) in [4.78, 5) is 56.4. The largest absolute Gasteiger partial charge is 0.479 e. The molecule has 1 fully saturated rings. The van der Waals surface area contributed by atoms with Crippen molar-refractivity contribution in [3.05, 3.63) is 54.5 Å². The van der Waals surface area contributed by atoms with E-state index < -0.39 is 48.3 Å². The van der Waals surface area contributed by atoms with Crippen LogP contribution < -0.4 is 4.90 Å². The van der Waals surface area contributed by atoms with E-state index in [1.54, 1.807) is 0 Å². The Bertz CT molecular complexity index is 1220. The number of aromatic amines is 1. The van der Waals surface area contributed by atoms with Crippen LogP contribution in [0, 0.1) is 0 Å². The standard InChI is InChI=1S/C17H19N5.2C4H6O6/c1-2-6-15-14(5-1)19-16(20-15)13-21-9-11-22(12-10-21)17-7-3-4-8-18-17;2*5-1(3(7)8)2(6)4(9)10/h1-8H,9-13H2,(H,19,20);2*1-2,5-6H,(H,7,8)(H,9,10)/t;2*1-,2-/m.11/s1. The number of H-pyrrole nitrogens is 1. The van der Waals surface area contributed by atoms with Crippen molar-refractivity contribution in [2.24, 2.45) is 0 Å². The summed E-state index contributed by atoms with van der Waals surface area (Å²) in [6.07, 6.45) is -7.21. The van der Waals surface area contributed by atoms with Crippen LogP contribution in [-0.2, 0) is 25.7 Å². The third kappa shape index (κ3) is 10.1. The first kappa shape index (κ1) is 33.5. The van der Waals surface area contributed by atoms with Gasteiger partial charge in [-0.25, -0.2) is 29.1 Å². The number of aliphatic carboxylic acids is 4. The van der Waals surface area contributed by atoms with E-state index in [-0.39, 0.29) is 0 Å². The Balaban J connectivity index is 0.000000260. The normalized spacial score (nSPS) is 16.0. The lowest BCUT2D eigenvalue weighted by Crippen LogP contribution is -2.46. The number of nitrogens with zero attached hydrogens (tertiary/aromatic N) is 4. The van der Waals surface area contributed by atoms with Crippen molar-refractivity contribution >= 4 is 40.7 Å². The van der Waals surface area contributed by atoms with Gasteiger partial charge in [-0.3, -0.25) is 4.90 Å². The van der Waals surface area contributed by atoms with Gasteiger partial charge in [-0.2, -0.15) is 0 Å². The number of carboxylic acids is 4. The van der Waals surface area contributed by atoms with E-state index in [1.165, 1.54) is 0 Å². The number of aliphatic hydroxyl groups is 4. The second kappa shape index (κ2) is 15.9. The number of pyridine rings is 1. The molecule has 0 saturated carbocycles. The molecule has 0 bridgehead atoms. The number of hydrogen-bond acceptors (Lipinski definition) is 12. The van der Waals surface area contributed by atoms with Crippen LogP contribution in [0.2, 0.25) is 0 Å². The van der Waals surface area contributed by atoms with Gasteiger partial charge in [0.25, 0.3) is 0 Å². The number of carbonyl (C=O) groups is 4. The molecule has 17 heteroatoms. The fraction of sp³-hybridized carbons (Fsp3) is 0.360. The third-order valence-corrected chi connectivity index (χ3v) is 5.77. The van der Waals surface area contributed by atoms with E-state index in [2.05, 4.69) is 36.9 Å². The van der Waals surface area contributed by atoms with Crippen LogP contribution in [0.3, 0.4) is 0 Å². The Morgan fingerprint density at radius 3 is 1.62 bits per heavy atom. The Hall–Kier alpha value is -4.68. The lowest BCUT2D eigenvalue weighted by atomic mass is 10.2. The predicted octanol–water partition coefficient (Wildman–Crippen LogP) is -1.97. The van der Waals surface area contributed by atoms with Gasteiger partial charge in [0.1, 0.15) is 11.6 Å². The molecular formula is C25H31N5O12. The van der Waals surface area contributed by atoms with Crippen LogP contribution in [-0.4, -0.2) is 135 Å². The molecule has 0 unspecified atom stereocenters. The van der Waals surface area contributed by atoms with Gasteiger partial charge in [-0.1, -0.05) is 18.2 Å². The molecule has 4 rings (SSSR count). The molecule has 0 spiro atoms. The fourth-order valence-electron chi connectivity index (χ4n) is 3.51. The number of anilines is 1. The smallest absolute Gasteiger partial charge is 0.335 e. The quantitative estimate of drug-likeness (QED) is 0.130. The van der Waals surface area contributed by atoms with Crippen LogP contribution in [0.15, 0.2) is 48.7 Å². The minimum atomic E-state index is -2.27. The number of nitrogens with one attached hydrogen (secondary N) is 1. The minimum absolute atomic E-state index is 0.880. The highest BCUT2D eigenvalue weighted by molar-refractivity contribution is 5.83. The molecule has 4 atom stereocenters. The van der Waals surface area contributed by atoms with Crippen LogP contribution in [0.4, 0.5) is 5.82 Å². The Labute approximate surface area is 237 Å². The van der Waals surface area contributed by atoms with Gasteiger partial charge >= 0.3 is 23.9 Å². The molecule has 1 aliphatic rings. The lowest BCUT2D eigenvalue weighted by Gasteiger charge is -2.34. The molecular weight excluding hydrogens is 562 g/mol. The number of hydrogen-bond donors (Lipinski definition) is 9. The van der Waals surface area contributed by atoms with E-state index in [1.807, 2.05) is 36.5 Å². The zero-order chi connectivity index (χ0) is 31.4. The molecule has 17 nitrogen and oxygen atoms in total. The van der Waals surface area contributed by atoms with Gasteiger partial charge in [0, 0.05) is 32.4 Å². The number of carboxylic acid groups (broad SMARTS) is 4. The van der Waals surface area contributed by atoms with Crippen LogP contribution in [0.5, 0.6) is 0 Å². The third-order valence-electron chi connectivity index (χ3n) is 5.77. The summed E-state index contributed by atoms with van der Waals surface area (Å²) in [5.41, 5.74) is 2.16. The summed E-state index contributed by atoms with van der Waals surface area (Å²) in [5.74, 6) is -4.95. The zero-order valence-electron chi connectivity index (χ0n) is 22.0. The lowest BCUT2D eigenvalue weighted by molar-refractivity contribution is -0.165. The highest BCUT2D eigenvalue weighted by Gasteiger charge is 2.30. The van der Waals surface area contributed by atoms with Crippen molar-refractivity contribution in [1.82, 2.24) is 19.9 Å². The first-order chi connectivity index (χ1) is 19.8. The predicted molar refractivity (Wildman–Crippen MR) is 142 cm³/mol. The van der Waals surface area contributed by atoms with Crippen molar-refractivity contribution in [3.63, 3.8) is 0 Å². The summed E-state index contributed by atoms with van der Waals surface area (Å²) >= 11 is 0. The molecule has 1 aliphatic heterocycles. The van der Waals surface area contributed by atoms with E-state index >= 15 is 0 Å². The topological polar surface area (TPSA) is 278 Å². The number of aliphatic hydroxyl groups excluding tert-OH is 4. The molecule has 228 valence electrons. The van der Waals surface area contributed by atoms with Gasteiger partial charge < -0.3 is 50.7 Å². The van der Waals surface area contributed by atoms with Crippen LogP contribution in [0.1, 0.15) is 5.82 Å². The van der Waals surface area contributed by atoms with Gasteiger partial charge in [0.15, 0.2) is 24.4 Å². The van der Waals surface area contributed by atoms with E-state index in [9.17, 15) is 19.2 Å². The van der Waals surface area contributed by atoms with Gasteiger partial charge in [0.2, 0.25) is 0 Å². The number of benzene rings is 1. The van der Waals surface area contributed by atoms with Crippen molar-refractivity contribution in [2.75, 3.05) is 31.1 Å². The molecule has 3 aromatic rings. The van der Waals surface area contributed by atoms with Crippen molar-refractivity contribution in [1.29, 1.82) is 0 Å². The van der Waals surface area contributed by atoms with Crippen LogP contribution in [0.25, 0.3) is 11.0 Å². The molecule has 9 N–H and O–H groups in total. The number of aromatic nitrogens is 3. The Morgan fingerprint density at radius 1 is 0.714 bits per heavy atom. The maximum Gasteiger partial charge on any atom is 0.335 e. The summed E-state index contributed by atoms with van der Waals surface area (Å²) in [5, 5.41) is 65.1. The molecule has 0 radical (unpaired) electrons. The number of fused-ring (bicyclic) bond motifs is 1. The summed E-state index contributed by atoms with van der Waals surface area (Å²) in [6.45, 7) is 4.97. The molecule has 3 heterocycles. The van der Waals surface area contributed by atoms with Gasteiger partial charge in [-0.05, 0) is 24.3 Å². The summed E-state index contributed by atoms with van der Waals surface area (Å²) in [6, 6.07) is 14.3. The number of rotatable bonds is 9. The monoisotopic (exact) mass is 593 g/mol. The molecule has 0 aliphatic carbocycles. The second-order valence-electron chi connectivity index (χ2n) is 8.78. The number of para-hydroxylation sites is 2. The van der Waals surface area contributed by atoms with E-state index in [0.717, 1.165) is 55.4 Å².